The van der Waals surface area contributed by atoms with E-state index in [9.17, 15) is 14.4 Å². The Morgan fingerprint density at radius 3 is 2.10 bits per heavy atom. The Morgan fingerprint density at radius 2 is 1.55 bits per heavy atom. The zero-order valence-electron chi connectivity index (χ0n) is 18.3. The summed E-state index contributed by atoms with van der Waals surface area (Å²) in [5.74, 6) is -1.05. The highest BCUT2D eigenvalue weighted by Gasteiger charge is 2.37. The highest BCUT2D eigenvalue weighted by atomic mass is 16.6. The molecule has 1 atom stereocenters. The number of para-hydroxylation sites is 1. The lowest BCUT2D eigenvalue weighted by Crippen LogP contribution is -2.52. The van der Waals surface area contributed by atoms with E-state index in [1.165, 1.54) is 0 Å². The largest absolute Gasteiger partial charge is 0.443 e. The molecule has 3 N–H and O–H groups in total. The molecule has 7 nitrogen and oxygen atoms in total. The van der Waals surface area contributed by atoms with E-state index in [1.54, 1.807) is 75.4 Å². The molecular weight excluding hydrogens is 394 g/mol. The van der Waals surface area contributed by atoms with Gasteiger partial charge in [0.1, 0.15) is 11.6 Å². The maximum Gasteiger partial charge on any atom is 0.418 e. The number of nitrogens with zero attached hydrogens (tertiary/aromatic N) is 1. The van der Waals surface area contributed by atoms with Crippen molar-refractivity contribution in [2.24, 2.45) is 5.73 Å². The van der Waals surface area contributed by atoms with Crippen LogP contribution in [0.3, 0.4) is 0 Å². The summed E-state index contributed by atoms with van der Waals surface area (Å²) in [6.45, 7) is 5.59. The van der Waals surface area contributed by atoms with Crippen molar-refractivity contribution < 1.29 is 19.1 Å². The van der Waals surface area contributed by atoms with Crippen LogP contribution in [0.15, 0.2) is 60.7 Å². The maximum atomic E-state index is 13.3. The summed E-state index contributed by atoms with van der Waals surface area (Å²) in [5, 5.41) is 2.80. The minimum absolute atomic E-state index is 0.272. The topological polar surface area (TPSA) is 102 Å². The van der Waals surface area contributed by atoms with Crippen molar-refractivity contribution in [3.63, 3.8) is 0 Å². The molecule has 0 radical (unpaired) electrons. The number of carbonyl (C=O) groups excluding carboxylic acids is 3. The van der Waals surface area contributed by atoms with E-state index in [-0.39, 0.29) is 6.42 Å². The van der Waals surface area contributed by atoms with Crippen molar-refractivity contribution in [2.75, 3.05) is 11.9 Å². The number of nitrogens with two attached hydrogens (primary N) is 1. The number of nitrogens with one attached hydrogen (secondary N) is 1. The SMILES string of the molecule is CC(C)(C)OC(=O)N(C(=O)c1ccccc1)[C@@H](CCCCN)C(=O)Nc1ccccc1. The Bertz CT molecular complexity index is 863. The van der Waals surface area contributed by atoms with Crippen molar-refractivity contribution >= 4 is 23.6 Å². The summed E-state index contributed by atoms with van der Waals surface area (Å²) in [5.41, 5.74) is 5.65. The molecule has 0 aromatic heterocycles. The van der Waals surface area contributed by atoms with E-state index in [2.05, 4.69) is 5.32 Å². The first-order valence-electron chi connectivity index (χ1n) is 10.4. The third-order valence-electron chi connectivity index (χ3n) is 4.42. The van der Waals surface area contributed by atoms with Crippen LogP contribution in [-0.4, -0.2) is 41.0 Å². The summed E-state index contributed by atoms with van der Waals surface area (Å²) in [6, 6.07) is 16.2. The molecule has 2 rings (SSSR count). The fourth-order valence-corrected chi connectivity index (χ4v) is 2.99. The molecular formula is C24H31N3O4. The zero-order valence-corrected chi connectivity index (χ0v) is 18.3. The van der Waals surface area contributed by atoms with Gasteiger partial charge in [-0.2, -0.15) is 0 Å². The molecule has 31 heavy (non-hydrogen) atoms. The van der Waals surface area contributed by atoms with E-state index in [4.69, 9.17) is 10.5 Å². The number of hydrogen-bond acceptors (Lipinski definition) is 5. The van der Waals surface area contributed by atoms with Gasteiger partial charge < -0.3 is 15.8 Å². The number of anilines is 1. The Kier molecular flexibility index (Phi) is 8.75. The van der Waals surface area contributed by atoms with E-state index >= 15 is 0 Å². The quantitative estimate of drug-likeness (QED) is 0.617. The Hall–Kier alpha value is -3.19. The zero-order chi connectivity index (χ0) is 22.9. The van der Waals surface area contributed by atoms with Crippen LogP contribution in [0.5, 0.6) is 0 Å². The van der Waals surface area contributed by atoms with Crippen LogP contribution >= 0.6 is 0 Å². The molecule has 3 amide bonds. The van der Waals surface area contributed by atoms with Gasteiger partial charge in [0.25, 0.3) is 5.91 Å². The maximum absolute atomic E-state index is 13.3. The number of carbonyl (C=O) groups is 3. The number of rotatable bonds is 8. The number of benzene rings is 2. The van der Waals surface area contributed by atoms with Gasteiger partial charge in [0.2, 0.25) is 5.91 Å². The first-order valence-corrected chi connectivity index (χ1v) is 10.4. The van der Waals surface area contributed by atoms with Gasteiger partial charge >= 0.3 is 6.09 Å². The molecule has 0 unspecified atom stereocenters. The lowest BCUT2D eigenvalue weighted by Gasteiger charge is -2.31. The van der Waals surface area contributed by atoms with Crippen molar-refractivity contribution in [2.45, 2.75) is 51.7 Å². The molecule has 2 aromatic carbocycles. The number of ether oxygens (including phenoxy) is 1. The van der Waals surface area contributed by atoms with Gasteiger partial charge in [0, 0.05) is 11.3 Å². The van der Waals surface area contributed by atoms with Crippen LogP contribution in [0.2, 0.25) is 0 Å². The normalized spacial score (nSPS) is 12.0. The lowest BCUT2D eigenvalue weighted by molar-refractivity contribution is -0.120. The second-order valence-electron chi connectivity index (χ2n) is 8.18. The number of hydrogen-bond donors (Lipinski definition) is 2. The molecule has 0 fully saturated rings. The molecule has 166 valence electrons. The standard InChI is InChI=1S/C24H31N3O4/c1-24(2,3)31-23(30)27(22(29)18-12-6-4-7-13-18)20(16-10-11-17-25)21(28)26-19-14-8-5-9-15-19/h4-9,12-15,20H,10-11,16-17,25H2,1-3H3,(H,26,28)/t20-/m0/s1. The highest BCUT2D eigenvalue weighted by Crippen LogP contribution is 2.20. The van der Waals surface area contributed by atoms with Gasteiger partial charge in [-0.3, -0.25) is 9.59 Å². The van der Waals surface area contributed by atoms with Crippen molar-refractivity contribution in [1.29, 1.82) is 0 Å². The minimum atomic E-state index is -1.05. The minimum Gasteiger partial charge on any atom is -0.443 e. The molecule has 0 spiro atoms. The Morgan fingerprint density at radius 1 is 0.968 bits per heavy atom. The molecule has 0 heterocycles. The molecule has 0 saturated carbocycles. The number of amides is 3. The molecule has 2 aromatic rings. The molecule has 0 bridgehead atoms. The van der Waals surface area contributed by atoms with Crippen LogP contribution in [0, 0.1) is 0 Å². The monoisotopic (exact) mass is 425 g/mol. The number of unbranched alkanes of at least 4 members (excludes halogenated alkanes) is 1. The third-order valence-corrected chi connectivity index (χ3v) is 4.42. The summed E-state index contributed by atoms with van der Waals surface area (Å²) in [7, 11) is 0. The van der Waals surface area contributed by atoms with Crippen molar-refractivity contribution in [3.8, 4) is 0 Å². The van der Waals surface area contributed by atoms with Crippen LogP contribution < -0.4 is 11.1 Å². The fourth-order valence-electron chi connectivity index (χ4n) is 2.99. The smallest absolute Gasteiger partial charge is 0.418 e. The predicted octanol–water partition coefficient (Wildman–Crippen LogP) is 4.20. The second kappa shape index (κ2) is 11.3. The van der Waals surface area contributed by atoms with E-state index in [0.717, 1.165) is 4.90 Å². The van der Waals surface area contributed by atoms with Crippen LogP contribution in [0.1, 0.15) is 50.4 Å². The average Bonchev–Trinajstić information content (AvgIpc) is 2.73. The summed E-state index contributed by atoms with van der Waals surface area (Å²) in [6.07, 6.45) is 0.650. The highest BCUT2D eigenvalue weighted by molar-refractivity contribution is 6.08. The van der Waals surface area contributed by atoms with Gasteiger partial charge in [0.05, 0.1) is 0 Å². The molecule has 0 aliphatic rings. The van der Waals surface area contributed by atoms with Crippen LogP contribution in [0.25, 0.3) is 0 Å². The van der Waals surface area contributed by atoms with Crippen LogP contribution in [0.4, 0.5) is 10.5 Å². The fraction of sp³-hybridized carbons (Fsp3) is 0.375. The van der Waals surface area contributed by atoms with Crippen molar-refractivity contribution in [3.05, 3.63) is 66.2 Å². The van der Waals surface area contributed by atoms with Crippen molar-refractivity contribution in [1.82, 2.24) is 4.90 Å². The molecule has 7 heteroatoms. The Balaban J connectivity index is 2.41. The number of imide groups is 1. The first-order chi connectivity index (χ1) is 14.7. The van der Waals surface area contributed by atoms with E-state index in [0.29, 0.717) is 30.6 Å². The molecule has 0 saturated heterocycles. The van der Waals surface area contributed by atoms with Crippen LogP contribution in [-0.2, 0) is 9.53 Å². The second-order valence-corrected chi connectivity index (χ2v) is 8.18. The van der Waals surface area contributed by atoms with E-state index in [1.807, 2.05) is 6.07 Å². The van der Waals surface area contributed by atoms with Gasteiger partial charge in [-0.1, -0.05) is 36.4 Å². The first kappa shape index (κ1) is 24.1. The van der Waals surface area contributed by atoms with Gasteiger partial charge in [-0.15, -0.1) is 0 Å². The summed E-state index contributed by atoms with van der Waals surface area (Å²) in [4.78, 5) is 40.5. The Labute approximate surface area is 183 Å². The van der Waals surface area contributed by atoms with Gasteiger partial charge in [-0.05, 0) is 70.8 Å². The van der Waals surface area contributed by atoms with Gasteiger partial charge in [0.15, 0.2) is 0 Å². The predicted molar refractivity (Wildman–Crippen MR) is 121 cm³/mol. The summed E-state index contributed by atoms with van der Waals surface area (Å²) < 4.78 is 5.49. The lowest BCUT2D eigenvalue weighted by atomic mass is 10.1. The molecule has 0 aliphatic heterocycles. The third kappa shape index (κ3) is 7.53. The van der Waals surface area contributed by atoms with Gasteiger partial charge in [-0.25, -0.2) is 9.69 Å². The molecule has 0 aliphatic carbocycles. The summed E-state index contributed by atoms with van der Waals surface area (Å²) >= 11 is 0. The average molecular weight is 426 g/mol. The van der Waals surface area contributed by atoms with E-state index < -0.39 is 29.6 Å².